The maximum atomic E-state index is 11.0. The van der Waals surface area contributed by atoms with Crippen molar-refractivity contribution in [2.75, 3.05) is 13.6 Å². The zero-order valence-electron chi connectivity index (χ0n) is 9.91. The Balaban J connectivity index is 2.01. The monoisotopic (exact) mass is 233 g/mol. The molecule has 2 amide bonds. The highest BCUT2D eigenvalue weighted by Crippen LogP contribution is 2.16. The van der Waals surface area contributed by atoms with E-state index < -0.39 is 0 Å². The van der Waals surface area contributed by atoms with Gasteiger partial charge in [-0.05, 0) is 24.1 Å². The number of nitrogens with zero attached hydrogens (tertiary/aromatic N) is 1. The molecular formula is C12H15N3O2. The predicted molar refractivity (Wildman–Crippen MR) is 64.9 cm³/mol. The van der Waals surface area contributed by atoms with Gasteiger partial charge in [0.15, 0.2) is 11.5 Å². The molecule has 5 nitrogen and oxygen atoms in total. The molecule has 17 heavy (non-hydrogen) atoms. The molecule has 90 valence electrons. The van der Waals surface area contributed by atoms with Gasteiger partial charge in [0.05, 0.1) is 0 Å². The molecule has 0 bridgehead atoms. The van der Waals surface area contributed by atoms with Crippen LogP contribution in [0.2, 0.25) is 0 Å². The van der Waals surface area contributed by atoms with Crippen molar-refractivity contribution in [3.63, 3.8) is 0 Å². The van der Waals surface area contributed by atoms with Gasteiger partial charge in [0, 0.05) is 20.5 Å². The van der Waals surface area contributed by atoms with Crippen LogP contribution in [0.3, 0.4) is 0 Å². The fraction of sp³-hybridized carbons (Fsp3) is 0.333. The molecule has 1 heterocycles. The van der Waals surface area contributed by atoms with Gasteiger partial charge in [-0.3, -0.25) is 0 Å². The third kappa shape index (κ3) is 2.75. The third-order valence-corrected chi connectivity index (χ3v) is 2.49. The predicted octanol–water partition coefficient (Wildman–Crippen LogP) is 1.61. The summed E-state index contributed by atoms with van der Waals surface area (Å²) in [5.74, 6) is 0.667. The minimum absolute atomic E-state index is 0.164. The molecule has 2 N–H and O–H groups in total. The highest BCUT2D eigenvalue weighted by Gasteiger charge is 2.03. The normalized spacial score (nSPS) is 10.5. The summed E-state index contributed by atoms with van der Waals surface area (Å²) in [7, 11) is 1.60. The first-order chi connectivity index (χ1) is 8.19. The van der Waals surface area contributed by atoms with Crippen LogP contribution in [0.25, 0.3) is 11.1 Å². The van der Waals surface area contributed by atoms with Crippen LogP contribution >= 0.6 is 0 Å². The number of carbonyl (C=O) groups excluding carboxylic acids is 1. The molecule has 0 unspecified atom stereocenters. The van der Waals surface area contributed by atoms with E-state index in [0.29, 0.717) is 12.4 Å². The van der Waals surface area contributed by atoms with Crippen LogP contribution in [0.5, 0.6) is 0 Å². The minimum Gasteiger partial charge on any atom is -0.441 e. The Bertz CT molecular complexity index is 534. The second kappa shape index (κ2) is 4.86. The van der Waals surface area contributed by atoms with Crippen LogP contribution < -0.4 is 10.6 Å². The molecule has 0 radical (unpaired) electrons. The van der Waals surface area contributed by atoms with E-state index in [0.717, 1.165) is 23.1 Å². The Kier molecular flexibility index (Phi) is 3.27. The van der Waals surface area contributed by atoms with Gasteiger partial charge >= 0.3 is 6.03 Å². The van der Waals surface area contributed by atoms with Crippen molar-refractivity contribution in [3.05, 3.63) is 29.7 Å². The van der Waals surface area contributed by atoms with Crippen molar-refractivity contribution < 1.29 is 9.21 Å². The number of aromatic nitrogens is 1. The molecule has 0 saturated heterocycles. The van der Waals surface area contributed by atoms with Gasteiger partial charge in [-0.2, -0.15) is 0 Å². The number of nitrogens with one attached hydrogen (secondary N) is 2. The molecule has 1 aromatic carbocycles. The molecule has 1 aromatic heterocycles. The van der Waals surface area contributed by atoms with E-state index in [1.165, 1.54) is 0 Å². The summed E-state index contributed by atoms with van der Waals surface area (Å²) in [5, 5.41) is 5.25. The van der Waals surface area contributed by atoms with Crippen LogP contribution in [0, 0.1) is 6.92 Å². The summed E-state index contributed by atoms with van der Waals surface area (Å²) >= 11 is 0. The quantitative estimate of drug-likeness (QED) is 0.846. The van der Waals surface area contributed by atoms with E-state index in [4.69, 9.17) is 4.42 Å². The first-order valence-electron chi connectivity index (χ1n) is 5.50. The Morgan fingerprint density at radius 2 is 2.29 bits per heavy atom. The number of rotatable bonds is 3. The lowest BCUT2D eigenvalue weighted by atomic mass is 10.1. The van der Waals surface area contributed by atoms with Crippen LogP contribution in [0.4, 0.5) is 4.79 Å². The molecule has 2 rings (SSSR count). The van der Waals surface area contributed by atoms with E-state index in [2.05, 4.69) is 15.6 Å². The van der Waals surface area contributed by atoms with Gasteiger partial charge in [-0.15, -0.1) is 0 Å². The summed E-state index contributed by atoms with van der Waals surface area (Å²) < 4.78 is 5.39. The number of urea groups is 1. The van der Waals surface area contributed by atoms with E-state index in [-0.39, 0.29) is 6.03 Å². The largest absolute Gasteiger partial charge is 0.441 e. The van der Waals surface area contributed by atoms with Crippen molar-refractivity contribution in [2.24, 2.45) is 0 Å². The van der Waals surface area contributed by atoms with Crippen molar-refractivity contribution >= 4 is 17.1 Å². The first kappa shape index (κ1) is 11.4. The lowest BCUT2D eigenvalue weighted by Crippen LogP contribution is -2.33. The number of benzene rings is 1. The van der Waals surface area contributed by atoms with Crippen LogP contribution in [0.1, 0.15) is 11.5 Å². The second-order valence-corrected chi connectivity index (χ2v) is 3.79. The molecule has 0 fully saturated rings. The Hall–Kier alpha value is -2.04. The van der Waals surface area contributed by atoms with E-state index in [9.17, 15) is 4.79 Å². The third-order valence-electron chi connectivity index (χ3n) is 2.49. The van der Waals surface area contributed by atoms with Gasteiger partial charge in [0.1, 0.15) is 5.52 Å². The van der Waals surface area contributed by atoms with Gasteiger partial charge < -0.3 is 15.1 Å². The maximum absolute atomic E-state index is 11.0. The molecule has 0 aliphatic heterocycles. The van der Waals surface area contributed by atoms with E-state index in [1.54, 1.807) is 7.05 Å². The summed E-state index contributed by atoms with van der Waals surface area (Å²) in [6.45, 7) is 2.43. The van der Waals surface area contributed by atoms with Crippen LogP contribution in [-0.2, 0) is 6.42 Å². The fourth-order valence-corrected chi connectivity index (χ4v) is 1.65. The van der Waals surface area contributed by atoms with Gasteiger partial charge in [0.2, 0.25) is 0 Å². The topological polar surface area (TPSA) is 67.2 Å². The van der Waals surface area contributed by atoms with Crippen molar-refractivity contribution in [1.82, 2.24) is 15.6 Å². The lowest BCUT2D eigenvalue weighted by Gasteiger charge is -2.03. The van der Waals surface area contributed by atoms with Crippen molar-refractivity contribution in [2.45, 2.75) is 13.3 Å². The molecule has 0 aliphatic carbocycles. The number of hydrogen-bond donors (Lipinski definition) is 2. The summed E-state index contributed by atoms with van der Waals surface area (Å²) in [6, 6.07) is 5.71. The number of fused-ring (bicyclic) bond motifs is 1. The van der Waals surface area contributed by atoms with Gasteiger partial charge in [0.25, 0.3) is 0 Å². The minimum atomic E-state index is -0.164. The lowest BCUT2D eigenvalue weighted by molar-refractivity contribution is 0.243. The number of hydrogen-bond acceptors (Lipinski definition) is 3. The van der Waals surface area contributed by atoms with Gasteiger partial charge in [-0.1, -0.05) is 6.07 Å². The van der Waals surface area contributed by atoms with E-state index >= 15 is 0 Å². The molecule has 2 aromatic rings. The van der Waals surface area contributed by atoms with Gasteiger partial charge in [-0.25, -0.2) is 9.78 Å². The summed E-state index contributed by atoms with van der Waals surface area (Å²) in [5.41, 5.74) is 2.78. The summed E-state index contributed by atoms with van der Waals surface area (Å²) in [4.78, 5) is 15.2. The first-order valence-corrected chi connectivity index (χ1v) is 5.50. The maximum Gasteiger partial charge on any atom is 0.314 e. The average Bonchev–Trinajstić information content (AvgIpc) is 2.68. The highest BCUT2D eigenvalue weighted by molar-refractivity contribution is 5.74. The number of amides is 2. The number of oxazole rings is 1. The molecule has 0 saturated carbocycles. The molecule has 0 atom stereocenters. The Morgan fingerprint density at radius 3 is 3.06 bits per heavy atom. The van der Waals surface area contributed by atoms with E-state index in [1.807, 2.05) is 25.1 Å². The fourth-order valence-electron chi connectivity index (χ4n) is 1.65. The van der Waals surface area contributed by atoms with Crippen LogP contribution in [0.15, 0.2) is 22.6 Å². The number of aryl methyl sites for hydroxylation is 1. The zero-order chi connectivity index (χ0) is 12.3. The Labute approximate surface area is 99.2 Å². The zero-order valence-corrected chi connectivity index (χ0v) is 9.91. The highest BCUT2D eigenvalue weighted by atomic mass is 16.3. The molecule has 0 aliphatic rings. The SMILES string of the molecule is CNC(=O)NCCc1ccc2oc(C)nc2c1. The number of carbonyl (C=O) groups is 1. The molecule has 5 heteroatoms. The standard InChI is InChI=1S/C12H15N3O2/c1-8-15-10-7-9(3-4-11(10)17-8)5-6-14-12(16)13-2/h3-4,7H,5-6H2,1-2H3,(H2,13,14,16). The molecule has 0 spiro atoms. The molecular weight excluding hydrogens is 218 g/mol. The van der Waals surface area contributed by atoms with Crippen LogP contribution in [-0.4, -0.2) is 24.6 Å². The Morgan fingerprint density at radius 1 is 1.47 bits per heavy atom. The average molecular weight is 233 g/mol. The second-order valence-electron chi connectivity index (χ2n) is 3.79. The smallest absolute Gasteiger partial charge is 0.314 e. The van der Waals surface area contributed by atoms with Crippen molar-refractivity contribution in [1.29, 1.82) is 0 Å². The summed E-state index contributed by atoms with van der Waals surface area (Å²) in [6.07, 6.45) is 0.773. The van der Waals surface area contributed by atoms with Crippen molar-refractivity contribution in [3.8, 4) is 0 Å².